The summed E-state index contributed by atoms with van der Waals surface area (Å²) in [6.07, 6.45) is 0. The Labute approximate surface area is 107 Å². The molecule has 4 heteroatoms. The Balaban J connectivity index is 2.16. The van der Waals surface area contributed by atoms with Gasteiger partial charge in [0.15, 0.2) is 0 Å². The van der Waals surface area contributed by atoms with Crippen LogP contribution in [0.1, 0.15) is 0 Å². The molecule has 0 bridgehead atoms. The van der Waals surface area contributed by atoms with E-state index in [1.165, 1.54) is 10.8 Å². The molecule has 0 spiro atoms. The number of nitrogen functional groups attached to an aromatic ring is 1. The summed E-state index contributed by atoms with van der Waals surface area (Å²) in [5, 5.41) is 9.24. The fraction of sp³-hybridized carbons (Fsp3) is 0. The average molecular weight is 288 g/mol. The highest BCUT2D eigenvalue weighted by atomic mass is 79.9. The summed E-state index contributed by atoms with van der Waals surface area (Å²) in [5.41, 5.74) is 7.62. The highest BCUT2D eigenvalue weighted by molar-refractivity contribution is 9.10. The molecule has 0 unspecified atom stereocenters. The van der Waals surface area contributed by atoms with E-state index >= 15 is 0 Å². The zero-order valence-electron chi connectivity index (χ0n) is 8.94. The Bertz CT molecular complexity index is 688. The number of nitrogens with one attached hydrogen (secondary N) is 1. The third-order valence-corrected chi connectivity index (χ3v) is 3.20. The minimum atomic E-state index is 0.510. The second-order valence-corrected chi connectivity index (χ2v) is 4.83. The van der Waals surface area contributed by atoms with Gasteiger partial charge in [-0.05, 0) is 29.0 Å². The number of hydrogen-bond acceptors (Lipinski definition) is 2. The van der Waals surface area contributed by atoms with Crippen molar-refractivity contribution in [3.63, 3.8) is 0 Å². The van der Waals surface area contributed by atoms with Gasteiger partial charge in [0.05, 0.1) is 5.69 Å². The molecule has 1 aromatic heterocycles. The lowest BCUT2D eigenvalue weighted by Crippen LogP contribution is -1.81. The predicted octanol–water partition coefficient (Wildman–Crippen LogP) is 3.57. The number of nitrogens with zero attached hydrogens (tertiary/aromatic N) is 1. The van der Waals surface area contributed by atoms with Gasteiger partial charge in [-0.1, -0.05) is 34.1 Å². The van der Waals surface area contributed by atoms with Crippen LogP contribution in [0, 0.1) is 0 Å². The number of aromatic amines is 1. The molecule has 3 aromatic rings. The number of hydrogen-bond donors (Lipinski definition) is 2. The number of fused-ring (bicyclic) bond motifs is 1. The first-order valence-electron chi connectivity index (χ1n) is 5.23. The Morgan fingerprint density at radius 3 is 2.53 bits per heavy atom. The highest BCUT2D eigenvalue weighted by Crippen LogP contribution is 2.25. The molecule has 0 saturated heterocycles. The number of nitrogens with two attached hydrogens (primary N) is 1. The molecule has 0 atom stereocenters. The van der Waals surface area contributed by atoms with E-state index in [0.29, 0.717) is 5.82 Å². The maximum atomic E-state index is 5.60. The summed E-state index contributed by atoms with van der Waals surface area (Å²) in [6, 6.07) is 14.3. The van der Waals surface area contributed by atoms with Crippen LogP contribution in [-0.2, 0) is 0 Å². The number of anilines is 1. The SMILES string of the molecule is Nc1cc(-c2ccc3cc(Br)ccc3c2)[nH]n1. The van der Waals surface area contributed by atoms with E-state index in [-0.39, 0.29) is 0 Å². The van der Waals surface area contributed by atoms with Crippen molar-refractivity contribution in [3.8, 4) is 11.3 Å². The molecule has 17 heavy (non-hydrogen) atoms. The van der Waals surface area contributed by atoms with Crippen molar-refractivity contribution in [2.45, 2.75) is 0 Å². The minimum absolute atomic E-state index is 0.510. The molecule has 0 aliphatic carbocycles. The topological polar surface area (TPSA) is 54.7 Å². The fourth-order valence-corrected chi connectivity index (χ4v) is 2.25. The quantitative estimate of drug-likeness (QED) is 0.719. The Morgan fingerprint density at radius 1 is 1.00 bits per heavy atom. The van der Waals surface area contributed by atoms with E-state index in [4.69, 9.17) is 5.73 Å². The summed E-state index contributed by atoms with van der Waals surface area (Å²) < 4.78 is 1.09. The number of halogens is 1. The van der Waals surface area contributed by atoms with Crippen molar-refractivity contribution in [2.75, 3.05) is 5.73 Å². The highest BCUT2D eigenvalue weighted by Gasteiger charge is 2.02. The van der Waals surface area contributed by atoms with Gasteiger partial charge >= 0.3 is 0 Å². The van der Waals surface area contributed by atoms with Gasteiger partial charge in [-0.15, -0.1) is 0 Å². The monoisotopic (exact) mass is 287 g/mol. The van der Waals surface area contributed by atoms with Crippen molar-refractivity contribution >= 4 is 32.5 Å². The van der Waals surface area contributed by atoms with Crippen LogP contribution in [0.5, 0.6) is 0 Å². The lowest BCUT2D eigenvalue weighted by molar-refractivity contribution is 1.10. The molecule has 0 aliphatic heterocycles. The third kappa shape index (κ3) is 1.91. The Kier molecular flexibility index (Phi) is 2.37. The van der Waals surface area contributed by atoms with E-state index in [9.17, 15) is 0 Å². The Morgan fingerprint density at radius 2 is 1.76 bits per heavy atom. The summed E-state index contributed by atoms with van der Waals surface area (Å²) in [6.45, 7) is 0. The largest absolute Gasteiger partial charge is 0.382 e. The predicted molar refractivity (Wildman–Crippen MR) is 73.6 cm³/mol. The number of rotatable bonds is 1. The van der Waals surface area contributed by atoms with Gasteiger partial charge in [0.25, 0.3) is 0 Å². The molecule has 0 amide bonds. The van der Waals surface area contributed by atoms with Crippen molar-refractivity contribution in [2.24, 2.45) is 0 Å². The zero-order valence-corrected chi connectivity index (χ0v) is 10.5. The molecule has 3 rings (SSSR count). The first-order chi connectivity index (χ1) is 8.22. The third-order valence-electron chi connectivity index (χ3n) is 2.71. The van der Waals surface area contributed by atoms with Crippen LogP contribution in [-0.4, -0.2) is 10.2 Å². The van der Waals surface area contributed by atoms with Gasteiger partial charge < -0.3 is 5.73 Å². The van der Waals surface area contributed by atoms with Crippen molar-refractivity contribution in [1.29, 1.82) is 0 Å². The van der Waals surface area contributed by atoms with Gasteiger partial charge in [-0.2, -0.15) is 5.10 Å². The lowest BCUT2D eigenvalue weighted by Gasteiger charge is -2.02. The molecule has 0 radical (unpaired) electrons. The summed E-state index contributed by atoms with van der Waals surface area (Å²) in [7, 11) is 0. The molecule has 0 saturated carbocycles. The van der Waals surface area contributed by atoms with E-state index < -0.39 is 0 Å². The van der Waals surface area contributed by atoms with Crippen LogP contribution in [0.25, 0.3) is 22.0 Å². The average Bonchev–Trinajstić information content (AvgIpc) is 2.75. The number of benzene rings is 2. The fourth-order valence-electron chi connectivity index (χ4n) is 1.87. The van der Waals surface area contributed by atoms with Crippen molar-refractivity contribution in [3.05, 3.63) is 46.9 Å². The molecule has 3 nitrogen and oxygen atoms in total. The van der Waals surface area contributed by atoms with E-state index in [1.54, 1.807) is 0 Å². The lowest BCUT2D eigenvalue weighted by atomic mass is 10.1. The van der Waals surface area contributed by atoms with Gasteiger partial charge in [-0.3, -0.25) is 5.10 Å². The molecular weight excluding hydrogens is 278 g/mol. The molecule has 1 heterocycles. The van der Waals surface area contributed by atoms with Crippen LogP contribution < -0.4 is 5.73 Å². The summed E-state index contributed by atoms with van der Waals surface area (Å²) in [5.74, 6) is 0.510. The standard InChI is InChI=1S/C13H10BrN3/c14-11-4-3-8-5-10(2-1-9(8)6-11)12-7-13(15)17-16-12/h1-7H,(H3,15,16,17). The molecule has 2 aromatic carbocycles. The van der Waals surface area contributed by atoms with Crippen molar-refractivity contribution in [1.82, 2.24) is 10.2 Å². The van der Waals surface area contributed by atoms with Crippen LogP contribution >= 0.6 is 15.9 Å². The van der Waals surface area contributed by atoms with E-state index in [1.807, 2.05) is 12.1 Å². The van der Waals surface area contributed by atoms with Gasteiger partial charge in [0, 0.05) is 16.1 Å². The summed E-state index contributed by atoms with van der Waals surface area (Å²) in [4.78, 5) is 0. The maximum absolute atomic E-state index is 5.60. The number of H-pyrrole nitrogens is 1. The van der Waals surface area contributed by atoms with Crippen LogP contribution in [0.4, 0.5) is 5.82 Å². The summed E-state index contributed by atoms with van der Waals surface area (Å²) >= 11 is 3.47. The molecular formula is C13H10BrN3. The van der Waals surface area contributed by atoms with Crippen LogP contribution in [0.2, 0.25) is 0 Å². The van der Waals surface area contributed by atoms with Crippen molar-refractivity contribution < 1.29 is 0 Å². The van der Waals surface area contributed by atoms with Crippen LogP contribution in [0.3, 0.4) is 0 Å². The van der Waals surface area contributed by atoms with Gasteiger partial charge in [0.1, 0.15) is 5.82 Å². The van der Waals surface area contributed by atoms with Gasteiger partial charge in [0.2, 0.25) is 0 Å². The van der Waals surface area contributed by atoms with Gasteiger partial charge in [-0.25, -0.2) is 0 Å². The van der Waals surface area contributed by atoms with Crippen LogP contribution in [0.15, 0.2) is 46.9 Å². The second kappa shape index (κ2) is 3.89. The van der Waals surface area contributed by atoms with E-state index in [2.05, 4.69) is 56.5 Å². The van der Waals surface area contributed by atoms with E-state index in [0.717, 1.165) is 15.7 Å². The Hall–Kier alpha value is -1.81. The molecule has 0 fully saturated rings. The first-order valence-corrected chi connectivity index (χ1v) is 6.02. The molecule has 0 aliphatic rings. The normalized spacial score (nSPS) is 10.9. The molecule has 84 valence electrons. The maximum Gasteiger partial charge on any atom is 0.145 e. The molecule has 3 N–H and O–H groups in total. The smallest absolute Gasteiger partial charge is 0.145 e. The first kappa shape index (κ1) is 10.4. The minimum Gasteiger partial charge on any atom is -0.382 e. The zero-order chi connectivity index (χ0) is 11.8. The number of aromatic nitrogens is 2. The second-order valence-electron chi connectivity index (χ2n) is 3.91.